The molecule has 0 spiro atoms. The molecule has 1 aliphatic rings. The van der Waals surface area contributed by atoms with E-state index in [1.807, 2.05) is 81.7 Å². The Morgan fingerprint density at radius 2 is 1.92 bits per heavy atom. The maximum absolute atomic E-state index is 12.3. The minimum absolute atomic E-state index is 0.00778. The van der Waals surface area contributed by atoms with Gasteiger partial charge in [0.25, 0.3) is 0 Å². The maximum atomic E-state index is 12.3. The molecule has 5 rings (SSSR count). The minimum Gasteiger partial charge on any atom is -0.351 e. The number of nitrogens with one attached hydrogen (secondary N) is 2. The van der Waals surface area contributed by atoms with Crippen LogP contribution in [-0.4, -0.2) is 25.6 Å². The summed E-state index contributed by atoms with van der Waals surface area (Å²) in [7, 11) is 0. The van der Waals surface area contributed by atoms with E-state index in [2.05, 4.69) is 42.2 Å². The van der Waals surface area contributed by atoms with Crippen LogP contribution < -0.4 is 15.5 Å². The summed E-state index contributed by atoms with van der Waals surface area (Å²) in [4.78, 5) is 23.4. The molecule has 1 aliphatic heterocycles. The molecule has 0 saturated carbocycles. The molecule has 36 heavy (non-hydrogen) atoms. The van der Waals surface area contributed by atoms with E-state index in [0.717, 1.165) is 34.0 Å². The first-order valence-corrected chi connectivity index (χ1v) is 12.3. The van der Waals surface area contributed by atoms with Crippen molar-refractivity contribution in [2.45, 2.75) is 32.9 Å². The van der Waals surface area contributed by atoms with Crippen LogP contribution in [0.5, 0.6) is 0 Å². The Morgan fingerprint density at radius 1 is 1.06 bits per heavy atom. The Balaban J connectivity index is 1.59. The van der Waals surface area contributed by atoms with Gasteiger partial charge in [-0.15, -0.1) is 0 Å². The van der Waals surface area contributed by atoms with Gasteiger partial charge in [-0.1, -0.05) is 19.9 Å². The van der Waals surface area contributed by atoms with Gasteiger partial charge in [0.05, 0.1) is 23.6 Å². The van der Waals surface area contributed by atoms with Gasteiger partial charge in [-0.25, -0.2) is 0 Å². The van der Waals surface area contributed by atoms with Crippen LogP contribution in [0.15, 0.2) is 85.5 Å². The summed E-state index contributed by atoms with van der Waals surface area (Å²) in [6.07, 6.45) is 7.46. The van der Waals surface area contributed by atoms with Gasteiger partial charge in [-0.2, -0.15) is 0 Å². The molecule has 1 amide bonds. The molecule has 1 aromatic carbocycles. The average Bonchev–Trinajstić information content (AvgIpc) is 3.50. The number of amides is 1. The lowest BCUT2D eigenvalue weighted by Crippen LogP contribution is -2.30. The second-order valence-electron chi connectivity index (χ2n) is 9.15. The van der Waals surface area contributed by atoms with Crippen molar-refractivity contribution in [1.29, 1.82) is 0 Å². The third-order valence-corrected chi connectivity index (χ3v) is 6.69. The number of thiocarbonyl (C=S) groups is 1. The fraction of sp³-hybridized carbons (Fsp3) is 0.214. The maximum Gasteiger partial charge on any atom is 0.226 e. The number of aromatic nitrogens is 3. The van der Waals surface area contributed by atoms with Gasteiger partial charge in [0, 0.05) is 41.6 Å². The molecule has 2 atom stereocenters. The van der Waals surface area contributed by atoms with Crippen molar-refractivity contribution in [2.24, 2.45) is 5.92 Å². The number of rotatable bonds is 6. The second-order valence-corrected chi connectivity index (χ2v) is 9.54. The molecule has 0 aliphatic carbocycles. The number of hydrogen-bond donors (Lipinski definition) is 2. The zero-order chi connectivity index (χ0) is 25.2. The van der Waals surface area contributed by atoms with Gasteiger partial charge >= 0.3 is 0 Å². The lowest BCUT2D eigenvalue weighted by Gasteiger charge is -2.29. The third-order valence-electron chi connectivity index (χ3n) is 6.38. The van der Waals surface area contributed by atoms with Gasteiger partial charge in [-0.3, -0.25) is 14.8 Å². The predicted octanol–water partition coefficient (Wildman–Crippen LogP) is 5.35. The molecule has 8 heteroatoms. The number of carbonyl (C=O) groups excluding carboxylic acids is 1. The number of hydrogen-bond acceptors (Lipinski definition) is 4. The van der Waals surface area contributed by atoms with E-state index in [1.54, 1.807) is 12.4 Å². The first kappa shape index (κ1) is 23.7. The lowest BCUT2D eigenvalue weighted by molar-refractivity contribution is -0.118. The van der Waals surface area contributed by atoms with Crippen LogP contribution in [0.2, 0.25) is 0 Å². The van der Waals surface area contributed by atoms with Crippen LogP contribution in [0.4, 0.5) is 11.4 Å². The van der Waals surface area contributed by atoms with Crippen molar-refractivity contribution in [3.63, 3.8) is 0 Å². The normalized spacial score (nSPS) is 17.3. The number of carbonyl (C=O) groups is 1. The smallest absolute Gasteiger partial charge is 0.226 e. The first-order chi connectivity index (χ1) is 17.4. The molecule has 4 aromatic rings. The Labute approximate surface area is 216 Å². The van der Waals surface area contributed by atoms with Crippen LogP contribution in [-0.2, 0) is 4.79 Å². The molecule has 0 radical (unpaired) electrons. The van der Waals surface area contributed by atoms with Gasteiger partial charge in [0.15, 0.2) is 5.11 Å². The third kappa shape index (κ3) is 4.47. The Morgan fingerprint density at radius 3 is 2.61 bits per heavy atom. The molecule has 182 valence electrons. The number of anilines is 2. The van der Waals surface area contributed by atoms with E-state index in [0.29, 0.717) is 5.11 Å². The van der Waals surface area contributed by atoms with E-state index < -0.39 is 0 Å². The van der Waals surface area contributed by atoms with Crippen LogP contribution >= 0.6 is 12.2 Å². The van der Waals surface area contributed by atoms with E-state index in [4.69, 9.17) is 12.2 Å². The van der Waals surface area contributed by atoms with E-state index in [-0.39, 0.29) is 23.9 Å². The monoisotopic (exact) mass is 496 g/mol. The summed E-state index contributed by atoms with van der Waals surface area (Å²) < 4.78 is 2.14. The highest BCUT2D eigenvalue weighted by atomic mass is 32.1. The summed E-state index contributed by atoms with van der Waals surface area (Å²) >= 11 is 5.89. The van der Waals surface area contributed by atoms with Crippen molar-refractivity contribution >= 4 is 34.6 Å². The van der Waals surface area contributed by atoms with Gasteiger partial charge < -0.3 is 20.1 Å². The van der Waals surface area contributed by atoms with Gasteiger partial charge in [-0.05, 0) is 79.3 Å². The minimum atomic E-state index is -0.168. The molecule has 1 saturated heterocycles. The van der Waals surface area contributed by atoms with E-state index >= 15 is 0 Å². The molecule has 2 N–H and O–H groups in total. The molecule has 3 aromatic heterocycles. The van der Waals surface area contributed by atoms with Crippen LogP contribution in [0.3, 0.4) is 0 Å². The molecule has 7 nitrogen and oxygen atoms in total. The highest BCUT2D eigenvalue weighted by Gasteiger charge is 2.42. The summed E-state index contributed by atoms with van der Waals surface area (Å²) in [5.41, 5.74) is 5.64. The van der Waals surface area contributed by atoms with Crippen molar-refractivity contribution in [2.75, 3.05) is 10.2 Å². The van der Waals surface area contributed by atoms with Crippen LogP contribution in [0.1, 0.15) is 42.9 Å². The number of nitrogens with zero attached hydrogens (tertiary/aromatic N) is 4. The Bertz CT molecular complexity index is 1390. The predicted molar refractivity (Wildman–Crippen MR) is 146 cm³/mol. The average molecular weight is 497 g/mol. The standard InChI is InChI=1S/C28H28N6OS/c1-18(2)27(35)31-22-12-11-20(16-19(22)3)34-26(25(32-28(34)36)23-9-4-5-14-30-23)24-10-7-15-33(24)21-8-6-13-29-17-21/h4-18,25-26H,1-3H3,(H,31,35)(H,32,36)/t25-,26-/m0/s1. The Hall–Kier alpha value is -4.04. The van der Waals surface area contributed by atoms with Crippen molar-refractivity contribution in [3.8, 4) is 5.69 Å². The van der Waals surface area contributed by atoms with Gasteiger partial charge in [0.2, 0.25) is 5.91 Å². The molecule has 0 unspecified atom stereocenters. The zero-order valence-corrected chi connectivity index (χ0v) is 21.2. The highest BCUT2D eigenvalue weighted by molar-refractivity contribution is 7.80. The van der Waals surface area contributed by atoms with Gasteiger partial charge in [0.1, 0.15) is 6.04 Å². The summed E-state index contributed by atoms with van der Waals surface area (Å²) in [6, 6.07) is 19.7. The summed E-state index contributed by atoms with van der Waals surface area (Å²) in [6.45, 7) is 5.76. The SMILES string of the molecule is Cc1cc(N2C(=S)N[C@@H](c3ccccn3)[C@@H]2c2cccn2-c2cccnc2)ccc1NC(=O)C(C)C. The topological polar surface area (TPSA) is 75.1 Å². The zero-order valence-electron chi connectivity index (χ0n) is 20.4. The number of benzene rings is 1. The lowest BCUT2D eigenvalue weighted by atomic mass is 10.0. The molecule has 4 heterocycles. The molecule has 1 fully saturated rings. The quantitative estimate of drug-likeness (QED) is 0.351. The first-order valence-electron chi connectivity index (χ1n) is 11.9. The summed E-state index contributed by atoms with van der Waals surface area (Å²) in [5.74, 6) is -0.102. The van der Waals surface area contributed by atoms with Crippen molar-refractivity contribution in [1.82, 2.24) is 19.9 Å². The van der Waals surface area contributed by atoms with Crippen LogP contribution in [0.25, 0.3) is 5.69 Å². The van der Waals surface area contributed by atoms with E-state index in [1.165, 1.54) is 0 Å². The highest BCUT2D eigenvalue weighted by Crippen LogP contribution is 2.42. The Kier molecular flexibility index (Phi) is 6.52. The largest absolute Gasteiger partial charge is 0.351 e. The molecular weight excluding hydrogens is 468 g/mol. The van der Waals surface area contributed by atoms with Crippen LogP contribution in [0, 0.1) is 12.8 Å². The van der Waals surface area contributed by atoms with Crippen molar-refractivity contribution in [3.05, 3.63) is 102 Å². The second kappa shape index (κ2) is 9.91. The van der Waals surface area contributed by atoms with Crippen molar-refractivity contribution < 1.29 is 4.79 Å². The summed E-state index contributed by atoms with van der Waals surface area (Å²) in [5, 5.41) is 7.15. The number of pyridine rings is 2. The molecule has 0 bridgehead atoms. The van der Waals surface area contributed by atoms with E-state index in [9.17, 15) is 4.79 Å². The number of aryl methyl sites for hydroxylation is 1. The fourth-order valence-electron chi connectivity index (χ4n) is 4.51. The fourth-order valence-corrected chi connectivity index (χ4v) is 4.86. The molecular formula is C28H28N6OS.